The van der Waals surface area contributed by atoms with Crippen LogP contribution in [0.2, 0.25) is 5.15 Å². The van der Waals surface area contributed by atoms with Gasteiger partial charge in [0.05, 0.1) is 5.56 Å². The van der Waals surface area contributed by atoms with Crippen molar-refractivity contribution < 1.29 is 0 Å². The molecular weight excluding hydrogens is 270 g/mol. The van der Waals surface area contributed by atoms with E-state index in [2.05, 4.69) is 24.9 Å². The zero-order chi connectivity index (χ0) is 14.5. The van der Waals surface area contributed by atoms with Gasteiger partial charge in [0.15, 0.2) is 5.65 Å². The number of nitriles is 1. The van der Waals surface area contributed by atoms with E-state index >= 15 is 0 Å². The largest absolute Gasteiger partial charge is 0.289 e. The van der Waals surface area contributed by atoms with Crippen molar-refractivity contribution in [2.45, 2.75) is 52.4 Å². The number of aromatic nitrogens is 2. The van der Waals surface area contributed by atoms with Crippen LogP contribution in [-0.4, -0.2) is 9.38 Å². The van der Waals surface area contributed by atoms with Crippen molar-refractivity contribution in [3.63, 3.8) is 0 Å². The molecule has 0 aliphatic heterocycles. The highest BCUT2D eigenvalue weighted by molar-refractivity contribution is 6.30. The Bertz CT molecular complexity index is 637. The van der Waals surface area contributed by atoms with Crippen LogP contribution in [0.15, 0.2) is 12.4 Å². The second kappa shape index (κ2) is 6.76. The molecule has 4 heteroatoms. The summed E-state index contributed by atoms with van der Waals surface area (Å²) in [5.74, 6) is 0. The monoisotopic (exact) mass is 289 g/mol. The van der Waals surface area contributed by atoms with E-state index < -0.39 is 0 Å². The third kappa shape index (κ3) is 2.66. The van der Waals surface area contributed by atoms with Crippen molar-refractivity contribution in [3.05, 3.63) is 34.2 Å². The summed E-state index contributed by atoms with van der Waals surface area (Å²) in [5, 5.41) is 10.2. The molecule has 2 rings (SSSR count). The van der Waals surface area contributed by atoms with E-state index in [1.54, 1.807) is 6.20 Å². The SMILES string of the molecule is CCCCCCc1c(CC)c(C#N)c2nccn2c1Cl. The number of hydrogen-bond donors (Lipinski definition) is 0. The van der Waals surface area contributed by atoms with Gasteiger partial charge in [-0.05, 0) is 30.4 Å². The van der Waals surface area contributed by atoms with Gasteiger partial charge in [-0.25, -0.2) is 4.98 Å². The van der Waals surface area contributed by atoms with Crippen molar-refractivity contribution in [1.82, 2.24) is 9.38 Å². The van der Waals surface area contributed by atoms with Gasteiger partial charge in [0.25, 0.3) is 0 Å². The Morgan fingerprint density at radius 1 is 1.25 bits per heavy atom. The lowest BCUT2D eigenvalue weighted by atomic mass is 9.97. The van der Waals surface area contributed by atoms with Gasteiger partial charge in [-0.15, -0.1) is 0 Å². The number of halogens is 1. The fraction of sp³-hybridized carbons (Fsp3) is 0.500. The van der Waals surface area contributed by atoms with Crippen molar-refractivity contribution in [3.8, 4) is 6.07 Å². The fourth-order valence-electron chi connectivity index (χ4n) is 2.69. The lowest BCUT2D eigenvalue weighted by molar-refractivity contribution is 0.663. The van der Waals surface area contributed by atoms with Gasteiger partial charge >= 0.3 is 0 Å². The summed E-state index contributed by atoms with van der Waals surface area (Å²) in [7, 11) is 0. The molecule has 3 nitrogen and oxygen atoms in total. The summed E-state index contributed by atoms with van der Waals surface area (Å²) in [6.45, 7) is 4.28. The van der Waals surface area contributed by atoms with Crippen LogP contribution in [-0.2, 0) is 12.8 Å². The topological polar surface area (TPSA) is 41.1 Å². The minimum absolute atomic E-state index is 0.673. The number of fused-ring (bicyclic) bond motifs is 1. The van der Waals surface area contributed by atoms with E-state index in [0.717, 1.165) is 30.4 Å². The zero-order valence-corrected chi connectivity index (χ0v) is 12.9. The van der Waals surface area contributed by atoms with Crippen LogP contribution in [0.1, 0.15) is 56.2 Å². The number of imidazole rings is 1. The highest BCUT2D eigenvalue weighted by atomic mass is 35.5. The van der Waals surface area contributed by atoms with Crippen molar-refractivity contribution in [2.24, 2.45) is 0 Å². The summed E-state index contributed by atoms with van der Waals surface area (Å²) < 4.78 is 1.83. The van der Waals surface area contributed by atoms with Crippen molar-refractivity contribution >= 4 is 17.2 Å². The van der Waals surface area contributed by atoms with Gasteiger partial charge < -0.3 is 0 Å². The summed E-state index contributed by atoms with van der Waals surface area (Å²) >= 11 is 6.52. The van der Waals surface area contributed by atoms with Crippen LogP contribution in [0.25, 0.3) is 5.65 Å². The maximum absolute atomic E-state index is 9.44. The quantitative estimate of drug-likeness (QED) is 0.578. The molecule has 0 saturated heterocycles. The lowest BCUT2D eigenvalue weighted by Gasteiger charge is -2.14. The third-order valence-corrected chi connectivity index (χ3v) is 4.15. The van der Waals surface area contributed by atoms with E-state index in [1.807, 2.05) is 10.6 Å². The lowest BCUT2D eigenvalue weighted by Crippen LogP contribution is -2.04. The summed E-state index contributed by atoms with van der Waals surface area (Å²) in [5.41, 5.74) is 3.53. The maximum Gasteiger partial charge on any atom is 0.156 e. The molecule has 0 fully saturated rings. The molecule has 106 valence electrons. The first kappa shape index (κ1) is 14.9. The van der Waals surface area contributed by atoms with Gasteiger partial charge in [-0.3, -0.25) is 4.40 Å². The Labute approximate surface area is 125 Å². The van der Waals surface area contributed by atoms with Crippen LogP contribution in [0.3, 0.4) is 0 Å². The van der Waals surface area contributed by atoms with Gasteiger partial charge in [-0.1, -0.05) is 44.7 Å². The Morgan fingerprint density at radius 2 is 2.05 bits per heavy atom. The molecule has 0 N–H and O–H groups in total. The molecule has 2 heterocycles. The minimum Gasteiger partial charge on any atom is -0.289 e. The van der Waals surface area contributed by atoms with Crippen molar-refractivity contribution in [2.75, 3.05) is 0 Å². The normalized spacial score (nSPS) is 10.9. The van der Waals surface area contributed by atoms with Gasteiger partial charge in [-0.2, -0.15) is 5.26 Å². The first-order chi connectivity index (χ1) is 9.74. The molecule has 0 spiro atoms. The van der Waals surface area contributed by atoms with Crippen LogP contribution in [0, 0.1) is 11.3 Å². The number of nitrogens with zero attached hydrogens (tertiary/aromatic N) is 3. The minimum atomic E-state index is 0.673. The molecule has 20 heavy (non-hydrogen) atoms. The molecule has 0 aliphatic rings. The Kier molecular flexibility index (Phi) is 5.03. The van der Waals surface area contributed by atoms with Crippen molar-refractivity contribution in [1.29, 1.82) is 5.26 Å². The smallest absolute Gasteiger partial charge is 0.156 e. The molecule has 0 aliphatic carbocycles. The predicted molar refractivity (Wildman–Crippen MR) is 82.1 cm³/mol. The molecular formula is C16H20ClN3. The van der Waals surface area contributed by atoms with Gasteiger partial charge in [0.1, 0.15) is 11.2 Å². The summed E-state index contributed by atoms with van der Waals surface area (Å²) in [6.07, 6.45) is 10.1. The standard InChI is InChI=1S/C16H20ClN3/c1-3-5-6-7-8-13-12(4-2)14(11-18)16-19-9-10-20(16)15(13)17/h9-10H,3-8H2,1-2H3. The van der Waals surface area contributed by atoms with Crippen LogP contribution >= 0.6 is 11.6 Å². The average Bonchev–Trinajstić information content (AvgIpc) is 2.94. The molecule has 0 unspecified atom stereocenters. The second-order valence-electron chi connectivity index (χ2n) is 5.02. The Hall–Kier alpha value is -1.53. The van der Waals surface area contributed by atoms with E-state index in [0.29, 0.717) is 16.4 Å². The maximum atomic E-state index is 9.44. The molecule has 0 aromatic carbocycles. The molecule has 2 aromatic heterocycles. The third-order valence-electron chi connectivity index (χ3n) is 3.74. The van der Waals surface area contributed by atoms with E-state index in [1.165, 1.54) is 19.3 Å². The second-order valence-corrected chi connectivity index (χ2v) is 5.38. The highest BCUT2D eigenvalue weighted by Crippen LogP contribution is 2.29. The first-order valence-corrected chi connectivity index (χ1v) is 7.68. The van der Waals surface area contributed by atoms with Gasteiger partial charge in [0.2, 0.25) is 0 Å². The van der Waals surface area contributed by atoms with Crippen LogP contribution in [0.5, 0.6) is 0 Å². The zero-order valence-electron chi connectivity index (χ0n) is 12.1. The molecule has 2 aromatic rings. The molecule has 0 radical (unpaired) electrons. The highest BCUT2D eigenvalue weighted by Gasteiger charge is 2.17. The molecule has 0 saturated carbocycles. The predicted octanol–water partition coefficient (Wildman–Crippen LogP) is 4.54. The average molecular weight is 290 g/mol. The number of rotatable bonds is 6. The molecule has 0 amide bonds. The van der Waals surface area contributed by atoms with Crippen LogP contribution in [0.4, 0.5) is 0 Å². The Morgan fingerprint density at radius 3 is 2.70 bits per heavy atom. The van der Waals surface area contributed by atoms with E-state index in [9.17, 15) is 5.26 Å². The molecule has 0 atom stereocenters. The summed E-state index contributed by atoms with van der Waals surface area (Å²) in [6, 6.07) is 2.30. The number of hydrogen-bond acceptors (Lipinski definition) is 2. The fourth-order valence-corrected chi connectivity index (χ4v) is 3.04. The number of unbranched alkanes of at least 4 members (excludes halogenated alkanes) is 3. The van der Waals surface area contributed by atoms with Crippen LogP contribution < -0.4 is 0 Å². The van der Waals surface area contributed by atoms with E-state index in [4.69, 9.17) is 11.6 Å². The summed E-state index contributed by atoms with van der Waals surface area (Å²) in [4.78, 5) is 4.27. The Balaban J connectivity index is 2.46. The number of pyridine rings is 1. The molecule has 0 bridgehead atoms. The van der Waals surface area contributed by atoms with Gasteiger partial charge in [0, 0.05) is 12.4 Å². The van der Waals surface area contributed by atoms with E-state index in [-0.39, 0.29) is 0 Å². The first-order valence-electron chi connectivity index (χ1n) is 7.30.